The number of carbonyl (C=O) groups is 2. The molecule has 3 heterocycles. The predicted molar refractivity (Wildman–Crippen MR) is 128 cm³/mol. The highest BCUT2D eigenvalue weighted by Crippen LogP contribution is 2.31. The Balaban J connectivity index is 1.40. The molecule has 0 N–H and O–H groups in total. The van der Waals surface area contributed by atoms with Crippen LogP contribution in [0.3, 0.4) is 0 Å². The highest BCUT2D eigenvalue weighted by molar-refractivity contribution is 5.86. The van der Waals surface area contributed by atoms with E-state index >= 15 is 0 Å². The highest BCUT2D eigenvalue weighted by atomic mass is 16.5. The van der Waals surface area contributed by atoms with Crippen LogP contribution in [0.15, 0.2) is 48.7 Å². The first kappa shape index (κ1) is 22.5. The lowest BCUT2D eigenvalue weighted by Crippen LogP contribution is -2.45. The molecular weight excluding hydrogens is 430 g/mol. The second-order valence-electron chi connectivity index (χ2n) is 9.33. The van der Waals surface area contributed by atoms with Crippen molar-refractivity contribution < 1.29 is 14.3 Å². The highest BCUT2D eigenvalue weighted by Gasteiger charge is 2.40. The first-order valence-corrected chi connectivity index (χ1v) is 12.1. The Morgan fingerprint density at radius 1 is 1.03 bits per heavy atom. The van der Waals surface area contributed by atoms with Crippen molar-refractivity contribution in [3.8, 4) is 0 Å². The Hall–Kier alpha value is -3.26. The third-order valence-electron chi connectivity index (χ3n) is 7.06. The number of hydrogen-bond donors (Lipinski definition) is 0. The molecule has 178 valence electrons. The average Bonchev–Trinajstić information content (AvgIpc) is 3.43. The maximum atomic E-state index is 13.7. The Morgan fingerprint density at radius 3 is 2.56 bits per heavy atom. The lowest BCUT2D eigenvalue weighted by Gasteiger charge is -2.29. The van der Waals surface area contributed by atoms with Gasteiger partial charge in [0.15, 0.2) is 5.69 Å². The third kappa shape index (κ3) is 4.68. The Labute approximate surface area is 199 Å². The van der Waals surface area contributed by atoms with Crippen LogP contribution >= 0.6 is 0 Å². The molecule has 1 aromatic heterocycles. The zero-order valence-electron chi connectivity index (χ0n) is 19.6. The summed E-state index contributed by atoms with van der Waals surface area (Å²) in [4.78, 5) is 29.8. The number of aromatic nitrogens is 3. The van der Waals surface area contributed by atoms with Crippen LogP contribution in [-0.4, -0.2) is 69.5 Å². The zero-order valence-corrected chi connectivity index (χ0v) is 19.6. The summed E-state index contributed by atoms with van der Waals surface area (Å²) in [7, 11) is 1.33. The van der Waals surface area contributed by atoms with Crippen molar-refractivity contribution in [1.82, 2.24) is 24.8 Å². The Kier molecular flexibility index (Phi) is 6.58. The second-order valence-corrected chi connectivity index (χ2v) is 9.33. The van der Waals surface area contributed by atoms with Crippen LogP contribution in [0, 0.1) is 0 Å². The lowest BCUT2D eigenvalue weighted by atomic mass is 10.1. The van der Waals surface area contributed by atoms with Crippen molar-refractivity contribution in [3.05, 3.63) is 59.9 Å². The fraction of sp³-hybridized carbons (Fsp3) is 0.462. The monoisotopic (exact) mass is 461 g/mol. The first-order chi connectivity index (χ1) is 16.6. The molecule has 3 aromatic rings. The van der Waals surface area contributed by atoms with Crippen molar-refractivity contribution in [2.75, 3.05) is 26.7 Å². The summed E-state index contributed by atoms with van der Waals surface area (Å²) >= 11 is 0. The first-order valence-electron chi connectivity index (χ1n) is 12.1. The number of ether oxygens (including phenoxy) is 1. The van der Waals surface area contributed by atoms with Crippen molar-refractivity contribution in [2.24, 2.45) is 0 Å². The standard InChI is InChI=1S/C26H31N5O3/c1-34-26(33)23-18-31(28-27-23)22-15-24(25(32)29-12-6-2-3-7-13-29)30(17-22)16-19-10-11-20-8-4-5-9-21(20)14-19/h4-5,8-11,14,18,22,24H,2-3,6-7,12-13,15-17H2,1H3/t22-,24+/m1/s1. The molecule has 0 bridgehead atoms. The molecule has 1 amide bonds. The number of hydrogen-bond acceptors (Lipinski definition) is 6. The molecule has 8 heteroatoms. The molecule has 2 aliphatic heterocycles. The van der Waals surface area contributed by atoms with E-state index in [1.807, 2.05) is 12.1 Å². The van der Waals surface area contributed by atoms with E-state index in [4.69, 9.17) is 4.74 Å². The van der Waals surface area contributed by atoms with Crippen LogP contribution in [-0.2, 0) is 16.1 Å². The smallest absolute Gasteiger partial charge is 0.360 e. The average molecular weight is 462 g/mol. The van der Waals surface area contributed by atoms with Gasteiger partial charge in [0, 0.05) is 26.2 Å². The van der Waals surface area contributed by atoms with E-state index in [0.29, 0.717) is 19.5 Å². The minimum atomic E-state index is -0.505. The number of carbonyl (C=O) groups excluding carboxylic acids is 2. The number of amides is 1. The van der Waals surface area contributed by atoms with Gasteiger partial charge in [-0.3, -0.25) is 9.69 Å². The largest absolute Gasteiger partial charge is 0.464 e. The van der Waals surface area contributed by atoms with E-state index in [9.17, 15) is 9.59 Å². The zero-order chi connectivity index (χ0) is 23.5. The van der Waals surface area contributed by atoms with E-state index in [-0.39, 0.29) is 23.7 Å². The number of esters is 1. The summed E-state index contributed by atoms with van der Waals surface area (Å²) in [6, 6.07) is 14.6. The molecule has 8 nitrogen and oxygen atoms in total. The minimum Gasteiger partial charge on any atom is -0.464 e. The minimum absolute atomic E-state index is 0.0349. The fourth-order valence-electron chi connectivity index (χ4n) is 5.23. The fourth-order valence-corrected chi connectivity index (χ4v) is 5.23. The summed E-state index contributed by atoms with van der Waals surface area (Å²) in [6.07, 6.45) is 6.78. The normalized spacial score (nSPS) is 21.5. The van der Waals surface area contributed by atoms with E-state index < -0.39 is 5.97 Å². The van der Waals surface area contributed by atoms with Gasteiger partial charge in [0.1, 0.15) is 0 Å². The Bertz CT molecular complexity index is 1170. The predicted octanol–water partition coefficient (Wildman–Crippen LogP) is 3.44. The summed E-state index contributed by atoms with van der Waals surface area (Å²) in [5.41, 5.74) is 1.37. The van der Waals surface area contributed by atoms with Gasteiger partial charge in [-0.05, 0) is 41.7 Å². The molecule has 2 atom stereocenters. The third-order valence-corrected chi connectivity index (χ3v) is 7.06. The second kappa shape index (κ2) is 9.93. The summed E-state index contributed by atoms with van der Waals surface area (Å²) in [5, 5.41) is 10.6. The Morgan fingerprint density at radius 2 is 1.79 bits per heavy atom. The lowest BCUT2D eigenvalue weighted by molar-refractivity contribution is -0.136. The van der Waals surface area contributed by atoms with Crippen molar-refractivity contribution in [2.45, 2.75) is 50.7 Å². The van der Waals surface area contributed by atoms with Crippen LogP contribution in [0.1, 0.15) is 54.2 Å². The van der Waals surface area contributed by atoms with Crippen LogP contribution in [0.4, 0.5) is 0 Å². The molecule has 0 spiro atoms. The molecule has 0 unspecified atom stereocenters. The van der Waals surface area contributed by atoms with Crippen LogP contribution in [0.2, 0.25) is 0 Å². The van der Waals surface area contributed by atoms with Gasteiger partial charge in [0.05, 0.1) is 25.4 Å². The van der Waals surface area contributed by atoms with Gasteiger partial charge in [-0.15, -0.1) is 5.10 Å². The van der Waals surface area contributed by atoms with Gasteiger partial charge in [-0.2, -0.15) is 0 Å². The molecule has 2 aromatic carbocycles. The van der Waals surface area contributed by atoms with Crippen molar-refractivity contribution >= 4 is 22.6 Å². The van der Waals surface area contributed by atoms with Crippen LogP contribution in [0.5, 0.6) is 0 Å². The summed E-state index contributed by atoms with van der Waals surface area (Å²) in [6.45, 7) is 3.02. The molecule has 2 fully saturated rings. The molecule has 5 rings (SSSR count). The van der Waals surface area contributed by atoms with Crippen LogP contribution < -0.4 is 0 Å². The number of nitrogens with zero attached hydrogens (tertiary/aromatic N) is 5. The van der Waals surface area contributed by atoms with Crippen LogP contribution in [0.25, 0.3) is 10.8 Å². The van der Waals surface area contributed by atoms with E-state index in [0.717, 1.165) is 25.9 Å². The number of methoxy groups -OCH3 is 1. The molecule has 0 radical (unpaired) electrons. The van der Waals surface area contributed by atoms with E-state index in [2.05, 4.69) is 50.4 Å². The van der Waals surface area contributed by atoms with Gasteiger partial charge >= 0.3 is 5.97 Å². The maximum Gasteiger partial charge on any atom is 0.360 e. The molecule has 2 saturated heterocycles. The van der Waals surface area contributed by atoms with E-state index in [1.165, 1.54) is 36.3 Å². The number of likely N-dealkylation sites (tertiary alicyclic amines) is 2. The van der Waals surface area contributed by atoms with Gasteiger partial charge in [0.2, 0.25) is 5.91 Å². The molecular formula is C26H31N5O3. The topological polar surface area (TPSA) is 80.6 Å². The molecule has 0 saturated carbocycles. The number of rotatable bonds is 5. The van der Waals surface area contributed by atoms with Crippen molar-refractivity contribution in [1.29, 1.82) is 0 Å². The number of benzene rings is 2. The maximum absolute atomic E-state index is 13.7. The molecule has 2 aliphatic rings. The van der Waals surface area contributed by atoms with E-state index in [1.54, 1.807) is 10.9 Å². The number of fused-ring (bicyclic) bond motifs is 1. The van der Waals surface area contributed by atoms with Gasteiger partial charge in [-0.25, -0.2) is 9.48 Å². The quantitative estimate of drug-likeness (QED) is 0.542. The van der Waals surface area contributed by atoms with Gasteiger partial charge < -0.3 is 9.64 Å². The van der Waals surface area contributed by atoms with Gasteiger partial charge in [-0.1, -0.05) is 54.5 Å². The molecule has 34 heavy (non-hydrogen) atoms. The summed E-state index contributed by atoms with van der Waals surface area (Å²) < 4.78 is 6.49. The van der Waals surface area contributed by atoms with Crippen molar-refractivity contribution in [3.63, 3.8) is 0 Å². The molecule has 0 aliphatic carbocycles. The van der Waals surface area contributed by atoms with Gasteiger partial charge in [0.25, 0.3) is 0 Å². The SMILES string of the molecule is COC(=O)c1cn([C@@H]2C[C@@H](C(=O)N3CCCCCC3)N(Cc3ccc4ccccc4c3)C2)nn1. The summed E-state index contributed by atoms with van der Waals surface area (Å²) in [5.74, 6) is -0.298.